The summed E-state index contributed by atoms with van der Waals surface area (Å²) in [6.07, 6.45) is 0.939. The van der Waals surface area contributed by atoms with Crippen molar-refractivity contribution in [1.29, 1.82) is 0 Å². The molecule has 0 spiro atoms. The number of hydrogen-bond acceptors (Lipinski definition) is 3. The average molecular weight is 237 g/mol. The minimum atomic E-state index is -0.269. The molecule has 1 amide bonds. The van der Waals surface area contributed by atoms with Gasteiger partial charge in [-0.15, -0.1) is 12.4 Å². The minimum Gasteiger partial charge on any atom is -0.382 e. The molecule has 4 nitrogen and oxygen atoms in total. The van der Waals surface area contributed by atoms with Crippen molar-refractivity contribution in [3.8, 4) is 0 Å². The molecule has 1 aliphatic rings. The topological polar surface area (TPSA) is 50.4 Å². The summed E-state index contributed by atoms with van der Waals surface area (Å²) in [6.45, 7) is 6.23. The van der Waals surface area contributed by atoms with E-state index in [4.69, 9.17) is 4.74 Å². The second-order valence-electron chi connectivity index (χ2n) is 4.50. The highest BCUT2D eigenvalue weighted by Gasteiger charge is 2.27. The maximum atomic E-state index is 11.7. The number of nitrogens with one attached hydrogen (secondary N) is 2. The normalized spacial score (nSPS) is 20.9. The number of carbonyl (C=O) groups is 1. The van der Waals surface area contributed by atoms with Crippen LogP contribution in [0.2, 0.25) is 0 Å². The summed E-state index contributed by atoms with van der Waals surface area (Å²) in [5.41, 5.74) is -0.269. The third kappa shape index (κ3) is 4.82. The van der Waals surface area contributed by atoms with Crippen LogP contribution in [0.3, 0.4) is 0 Å². The molecule has 1 unspecified atom stereocenters. The fourth-order valence-corrected chi connectivity index (χ4v) is 1.71. The van der Waals surface area contributed by atoms with Gasteiger partial charge in [0.2, 0.25) is 5.91 Å². The first-order chi connectivity index (χ1) is 6.55. The standard InChI is InChI=1S/C10H20N2O2.ClH/c1-10(2,7-14-3)12-9(13)8-4-5-11-6-8;/h8,11H,4-7H2,1-3H3,(H,12,13);1H. The van der Waals surface area contributed by atoms with Crippen LogP contribution < -0.4 is 10.6 Å². The molecule has 1 aliphatic heterocycles. The summed E-state index contributed by atoms with van der Waals surface area (Å²) in [6, 6.07) is 0. The van der Waals surface area contributed by atoms with Crippen LogP contribution in [0.1, 0.15) is 20.3 Å². The first-order valence-corrected chi connectivity index (χ1v) is 5.07. The molecule has 1 fully saturated rings. The quantitative estimate of drug-likeness (QED) is 0.750. The van der Waals surface area contributed by atoms with Gasteiger partial charge >= 0.3 is 0 Å². The smallest absolute Gasteiger partial charge is 0.224 e. The van der Waals surface area contributed by atoms with Crippen LogP contribution in [0.5, 0.6) is 0 Å². The lowest BCUT2D eigenvalue weighted by molar-refractivity contribution is -0.126. The lowest BCUT2D eigenvalue weighted by atomic mass is 10.0. The van der Waals surface area contributed by atoms with Gasteiger partial charge in [0.15, 0.2) is 0 Å². The molecule has 15 heavy (non-hydrogen) atoms. The summed E-state index contributed by atoms with van der Waals surface area (Å²) in [7, 11) is 1.64. The Labute approximate surface area is 97.5 Å². The lowest BCUT2D eigenvalue weighted by Crippen LogP contribution is -2.49. The fraction of sp³-hybridized carbons (Fsp3) is 0.900. The van der Waals surface area contributed by atoms with Gasteiger partial charge in [-0.3, -0.25) is 4.79 Å². The summed E-state index contributed by atoms with van der Waals surface area (Å²) in [5, 5.41) is 6.17. The Morgan fingerprint density at radius 2 is 2.27 bits per heavy atom. The molecular weight excluding hydrogens is 216 g/mol. The predicted molar refractivity (Wildman–Crippen MR) is 62.3 cm³/mol. The summed E-state index contributed by atoms with van der Waals surface area (Å²) < 4.78 is 5.04. The minimum absolute atomic E-state index is 0. The van der Waals surface area contributed by atoms with E-state index in [0.717, 1.165) is 19.5 Å². The molecule has 1 heterocycles. The molecule has 1 rings (SSSR count). The monoisotopic (exact) mass is 236 g/mol. The number of amides is 1. The van der Waals surface area contributed by atoms with Crippen molar-refractivity contribution in [2.45, 2.75) is 25.8 Å². The molecule has 0 aromatic rings. The van der Waals surface area contributed by atoms with Crippen LogP contribution in [0.15, 0.2) is 0 Å². The van der Waals surface area contributed by atoms with Crippen molar-refractivity contribution in [2.75, 3.05) is 26.8 Å². The Morgan fingerprint density at radius 3 is 2.73 bits per heavy atom. The summed E-state index contributed by atoms with van der Waals surface area (Å²) in [4.78, 5) is 11.7. The van der Waals surface area contributed by atoms with Gasteiger partial charge < -0.3 is 15.4 Å². The zero-order valence-corrected chi connectivity index (χ0v) is 10.4. The van der Waals surface area contributed by atoms with Gasteiger partial charge in [0.05, 0.1) is 18.1 Å². The van der Waals surface area contributed by atoms with Gasteiger partial charge in [-0.05, 0) is 26.8 Å². The Kier molecular flexibility index (Phi) is 6.17. The fourth-order valence-electron chi connectivity index (χ4n) is 1.71. The third-order valence-corrected chi connectivity index (χ3v) is 2.40. The van der Waals surface area contributed by atoms with Crippen molar-refractivity contribution < 1.29 is 9.53 Å². The number of methoxy groups -OCH3 is 1. The van der Waals surface area contributed by atoms with Crippen LogP contribution in [0, 0.1) is 5.92 Å². The number of rotatable bonds is 4. The highest BCUT2D eigenvalue weighted by molar-refractivity contribution is 5.85. The van der Waals surface area contributed by atoms with E-state index in [0.29, 0.717) is 6.61 Å². The molecule has 0 bridgehead atoms. The largest absolute Gasteiger partial charge is 0.382 e. The van der Waals surface area contributed by atoms with E-state index in [2.05, 4.69) is 10.6 Å². The molecular formula is C10H21ClN2O2. The van der Waals surface area contributed by atoms with E-state index >= 15 is 0 Å². The molecule has 0 radical (unpaired) electrons. The number of carbonyl (C=O) groups excluding carboxylic acids is 1. The second-order valence-corrected chi connectivity index (χ2v) is 4.50. The van der Waals surface area contributed by atoms with Gasteiger partial charge in [-0.2, -0.15) is 0 Å². The van der Waals surface area contributed by atoms with Crippen LogP contribution in [0.25, 0.3) is 0 Å². The molecule has 0 aromatic heterocycles. The van der Waals surface area contributed by atoms with E-state index in [9.17, 15) is 4.79 Å². The van der Waals surface area contributed by atoms with E-state index in [1.807, 2.05) is 13.8 Å². The van der Waals surface area contributed by atoms with Gasteiger partial charge in [0.25, 0.3) is 0 Å². The van der Waals surface area contributed by atoms with Gasteiger partial charge in [0, 0.05) is 13.7 Å². The molecule has 1 saturated heterocycles. The van der Waals surface area contributed by atoms with Crippen molar-refractivity contribution in [1.82, 2.24) is 10.6 Å². The predicted octanol–water partition coefficient (Wildman–Crippen LogP) is 0.559. The Balaban J connectivity index is 0.00000196. The van der Waals surface area contributed by atoms with Gasteiger partial charge in [-0.25, -0.2) is 0 Å². The first kappa shape index (κ1) is 14.7. The van der Waals surface area contributed by atoms with E-state index in [-0.39, 0.29) is 29.8 Å². The number of ether oxygens (including phenoxy) is 1. The van der Waals surface area contributed by atoms with E-state index in [1.54, 1.807) is 7.11 Å². The van der Waals surface area contributed by atoms with Crippen LogP contribution in [0.4, 0.5) is 0 Å². The average Bonchev–Trinajstić information content (AvgIpc) is 2.53. The zero-order valence-electron chi connectivity index (χ0n) is 9.63. The summed E-state index contributed by atoms with van der Waals surface area (Å²) >= 11 is 0. The molecule has 0 aliphatic carbocycles. The van der Waals surface area contributed by atoms with Crippen LogP contribution in [-0.2, 0) is 9.53 Å². The third-order valence-electron chi connectivity index (χ3n) is 2.40. The second kappa shape index (κ2) is 6.30. The highest BCUT2D eigenvalue weighted by atomic mass is 35.5. The molecule has 1 atom stereocenters. The van der Waals surface area contributed by atoms with E-state index < -0.39 is 0 Å². The van der Waals surface area contributed by atoms with Crippen molar-refractivity contribution in [3.05, 3.63) is 0 Å². The molecule has 90 valence electrons. The zero-order chi connectivity index (χ0) is 10.6. The maximum absolute atomic E-state index is 11.7. The molecule has 0 saturated carbocycles. The first-order valence-electron chi connectivity index (χ1n) is 5.07. The van der Waals surface area contributed by atoms with Crippen molar-refractivity contribution >= 4 is 18.3 Å². The van der Waals surface area contributed by atoms with Crippen LogP contribution >= 0.6 is 12.4 Å². The van der Waals surface area contributed by atoms with E-state index in [1.165, 1.54) is 0 Å². The highest BCUT2D eigenvalue weighted by Crippen LogP contribution is 2.10. The van der Waals surface area contributed by atoms with Gasteiger partial charge in [-0.1, -0.05) is 0 Å². The Hall–Kier alpha value is -0.320. The number of halogens is 1. The molecule has 2 N–H and O–H groups in total. The SMILES string of the molecule is COCC(C)(C)NC(=O)C1CCNC1.Cl. The van der Waals surface area contributed by atoms with Crippen LogP contribution in [-0.4, -0.2) is 38.3 Å². The lowest BCUT2D eigenvalue weighted by Gasteiger charge is -2.26. The maximum Gasteiger partial charge on any atom is 0.224 e. The van der Waals surface area contributed by atoms with Crippen molar-refractivity contribution in [3.63, 3.8) is 0 Å². The number of hydrogen-bond donors (Lipinski definition) is 2. The Bertz CT molecular complexity index is 204. The van der Waals surface area contributed by atoms with Crippen molar-refractivity contribution in [2.24, 2.45) is 5.92 Å². The van der Waals surface area contributed by atoms with Gasteiger partial charge in [0.1, 0.15) is 0 Å². The Morgan fingerprint density at radius 1 is 1.60 bits per heavy atom. The summed E-state index contributed by atoms with van der Waals surface area (Å²) in [5.74, 6) is 0.267. The molecule has 5 heteroatoms. The molecule has 0 aromatic carbocycles.